The summed E-state index contributed by atoms with van der Waals surface area (Å²) in [5, 5.41) is 0. The molecule has 0 spiro atoms. The van der Waals surface area contributed by atoms with Crippen molar-refractivity contribution < 1.29 is 19.1 Å². The second kappa shape index (κ2) is 19.0. The Labute approximate surface area is 205 Å². The molecule has 0 unspecified atom stereocenters. The molecule has 0 atom stereocenters. The summed E-state index contributed by atoms with van der Waals surface area (Å²) in [4.78, 5) is 26.1. The van der Waals surface area contributed by atoms with Gasteiger partial charge in [0.2, 0.25) is 0 Å². The van der Waals surface area contributed by atoms with E-state index >= 15 is 0 Å². The number of carbonyl (C=O) groups excluding carboxylic acids is 2. The van der Waals surface area contributed by atoms with Crippen LogP contribution in [0.3, 0.4) is 0 Å². The summed E-state index contributed by atoms with van der Waals surface area (Å²) in [6.45, 7) is 15.6. The fraction of sp³-hybridized carbons (Fsp3) is 0.862. The fourth-order valence-corrected chi connectivity index (χ4v) is 3.84. The second-order valence-corrected chi connectivity index (χ2v) is 11.1. The van der Waals surface area contributed by atoms with E-state index in [0.717, 1.165) is 25.7 Å². The molecule has 0 aromatic carbocycles. The Morgan fingerprint density at radius 1 is 0.636 bits per heavy atom. The van der Waals surface area contributed by atoms with E-state index in [1.807, 2.05) is 0 Å². The number of rotatable bonds is 19. The smallest absolute Gasteiger partial charge is 0.334 e. The van der Waals surface area contributed by atoms with Crippen LogP contribution in [0.4, 0.5) is 0 Å². The Morgan fingerprint density at radius 2 is 1.03 bits per heavy atom. The molecule has 0 aliphatic heterocycles. The molecular formula is C29H54O4. The first-order valence-corrected chi connectivity index (χ1v) is 13.7. The third-order valence-corrected chi connectivity index (χ3v) is 5.64. The van der Waals surface area contributed by atoms with E-state index in [0.29, 0.717) is 37.2 Å². The predicted molar refractivity (Wildman–Crippen MR) is 139 cm³/mol. The summed E-state index contributed by atoms with van der Waals surface area (Å²) < 4.78 is 11.3. The summed E-state index contributed by atoms with van der Waals surface area (Å²) in [7, 11) is 0. The number of esters is 2. The van der Waals surface area contributed by atoms with Crippen LogP contribution in [0.1, 0.15) is 138 Å². The van der Waals surface area contributed by atoms with Crippen LogP contribution < -0.4 is 0 Å². The minimum Gasteiger partial charge on any atom is -0.462 e. The van der Waals surface area contributed by atoms with E-state index in [-0.39, 0.29) is 23.3 Å². The van der Waals surface area contributed by atoms with E-state index in [1.54, 1.807) is 0 Å². The highest BCUT2D eigenvalue weighted by atomic mass is 16.5. The molecule has 33 heavy (non-hydrogen) atoms. The standard InChI is InChI=1S/C29H54O4/c1-8-10-12-14-16-18-20-32-27(30)25(22-24(3)4)26(23-29(5,6)7)28(31)33-21-19-17-15-13-11-9-2/h24H,8-23H2,1-7H3. The summed E-state index contributed by atoms with van der Waals surface area (Å²) in [6, 6.07) is 0. The molecule has 0 N–H and O–H groups in total. The molecule has 0 aliphatic rings. The SMILES string of the molecule is CCCCCCCCOC(=O)C(CC(C)C)=C(CC(C)(C)C)C(=O)OCCCCCCCC. The molecule has 0 aromatic rings. The van der Waals surface area contributed by atoms with Gasteiger partial charge in [0, 0.05) is 11.1 Å². The Kier molecular flexibility index (Phi) is 18.3. The Morgan fingerprint density at radius 3 is 1.42 bits per heavy atom. The molecule has 0 bridgehead atoms. The lowest BCUT2D eigenvalue weighted by Crippen LogP contribution is -2.22. The van der Waals surface area contributed by atoms with Crippen LogP contribution in [0.2, 0.25) is 0 Å². The number of ether oxygens (including phenoxy) is 2. The Bertz CT molecular complexity index is 554. The van der Waals surface area contributed by atoms with Crippen LogP contribution in [0.15, 0.2) is 11.1 Å². The average molecular weight is 467 g/mol. The van der Waals surface area contributed by atoms with Gasteiger partial charge in [0.05, 0.1) is 13.2 Å². The quantitative estimate of drug-likeness (QED) is 0.109. The van der Waals surface area contributed by atoms with E-state index in [2.05, 4.69) is 48.5 Å². The van der Waals surface area contributed by atoms with Gasteiger partial charge in [-0.25, -0.2) is 9.59 Å². The molecule has 4 heteroatoms. The molecule has 0 saturated carbocycles. The zero-order valence-electron chi connectivity index (χ0n) is 23.0. The van der Waals surface area contributed by atoms with Crippen LogP contribution >= 0.6 is 0 Å². The molecule has 0 aromatic heterocycles. The van der Waals surface area contributed by atoms with Crippen molar-refractivity contribution in [2.45, 2.75) is 138 Å². The summed E-state index contributed by atoms with van der Waals surface area (Å²) >= 11 is 0. The van der Waals surface area contributed by atoms with Crippen molar-refractivity contribution in [1.82, 2.24) is 0 Å². The van der Waals surface area contributed by atoms with Crippen molar-refractivity contribution in [1.29, 1.82) is 0 Å². The normalized spacial score (nSPS) is 12.6. The number of hydrogen-bond acceptors (Lipinski definition) is 4. The van der Waals surface area contributed by atoms with Gasteiger partial charge in [-0.1, -0.05) is 113 Å². The minimum absolute atomic E-state index is 0.129. The molecule has 194 valence electrons. The van der Waals surface area contributed by atoms with Crippen molar-refractivity contribution in [3.63, 3.8) is 0 Å². The van der Waals surface area contributed by atoms with Crippen LogP contribution in [0, 0.1) is 11.3 Å². The second-order valence-electron chi connectivity index (χ2n) is 11.1. The van der Waals surface area contributed by atoms with Crippen LogP contribution in [0.25, 0.3) is 0 Å². The van der Waals surface area contributed by atoms with Crippen molar-refractivity contribution in [3.8, 4) is 0 Å². The molecular weight excluding hydrogens is 412 g/mol. The summed E-state index contributed by atoms with van der Waals surface area (Å²) in [5.74, 6) is -0.429. The molecule has 0 heterocycles. The number of hydrogen-bond donors (Lipinski definition) is 0. The Hall–Kier alpha value is -1.32. The largest absolute Gasteiger partial charge is 0.462 e. The van der Waals surface area contributed by atoms with Gasteiger partial charge >= 0.3 is 11.9 Å². The van der Waals surface area contributed by atoms with Crippen molar-refractivity contribution in [2.24, 2.45) is 11.3 Å². The highest BCUT2D eigenvalue weighted by Gasteiger charge is 2.28. The molecule has 0 aliphatic carbocycles. The fourth-order valence-electron chi connectivity index (χ4n) is 3.84. The first-order chi connectivity index (χ1) is 15.6. The van der Waals surface area contributed by atoms with Crippen molar-refractivity contribution >= 4 is 11.9 Å². The zero-order valence-corrected chi connectivity index (χ0v) is 23.0. The summed E-state index contributed by atoms with van der Waals surface area (Å²) in [5.41, 5.74) is 0.894. The average Bonchev–Trinajstić information content (AvgIpc) is 2.73. The lowest BCUT2D eigenvalue weighted by atomic mass is 9.84. The lowest BCUT2D eigenvalue weighted by Gasteiger charge is -2.23. The highest BCUT2D eigenvalue weighted by Crippen LogP contribution is 2.30. The molecule has 0 amide bonds. The highest BCUT2D eigenvalue weighted by molar-refractivity contribution is 6.00. The molecule has 0 radical (unpaired) electrons. The van der Waals surface area contributed by atoms with E-state index in [4.69, 9.17) is 9.47 Å². The number of carbonyl (C=O) groups is 2. The maximum Gasteiger partial charge on any atom is 0.334 e. The first-order valence-electron chi connectivity index (χ1n) is 13.7. The van der Waals surface area contributed by atoms with Gasteiger partial charge in [-0.15, -0.1) is 0 Å². The molecule has 4 nitrogen and oxygen atoms in total. The molecule has 0 saturated heterocycles. The predicted octanol–water partition coefficient (Wildman–Crippen LogP) is 8.57. The molecule has 0 rings (SSSR count). The zero-order chi connectivity index (χ0) is 25.1. The van der Waals surface area contributed by atoms with Gasteiger partial charge in [0.15, 0.2) is 0 Å². The summed E-state index contributed by atoms with van der Waals surface area (Å²) in [6.07, 6.45) is 14.8. The maximum atomic E-state index is 13.1. The van der Waals surface area contributed by atoms with Gasteiger partial charge in [0.25, 0.3) is 0 Å². The third-order valence-electron chi connectivity index (χ3n) is 5.64. The van der Waals surface area contributed by atoms with Crippen LogP contribution in [0.5, 0.6) is 0 Å². The minimum atomic E-state index is -0.342. The van der Waals surface area contributed by atoms with Crippen LogP contribution in [-0.2, 0) is 19.1 Å². The van der Waals surface area contributed by atoms with E-state index < -0.39 is 0 Å². The maximum absolute atomic E-state index is 13.1. The molecule has 0 fully saturated rings. The van der Waals surface area contributed by atoms with Gasteiger partial charge in [-0.05, 0) is 37.0 Å². The monoisotopic (exact) mass is 466 g/mol. The lowest BCUT2D eigenvalue weighted by molar-refractivity contribution is -0.143. The van der Waals surface area contributed by atoms with Gasteiger partial charge in [0.1, 0.15) is 0 Å². The van der Waals surface area contributed by atoms with Gasteiger partial charge in [-0.3, -0.25) is 0 Å². The first kappa shape index (κ1) is 31.7. The van der Waals surface area contributed by atoms with E-state index in [1.165, 1.54) is 51.4 Å². The van der Waals surface area contributed by atoms with Gasteiger partial charge in [-0.2, -0.15) is 0 Å². The van der Waals surface area contributed by atoms with Crippen molar-refractivity contribution in [2.75, 3.05) is 13.2 Å². The topological polar surface area (TPSA) is 52.6 Å². The van der Waals surface area contributed by atoms with Crippen molar-refractivity contribution in [3.05, 3.63) is 11.1 Å². The Balaban J connectivity index is 5.12. The third kappa shape index (κ3) is 17.8. The number of unbranched alkanes of at least 4 members (excludes halogenated alkanes) is 10. The van der Waals surface area contributed by atoms with Crippen LogP contribution in [-0.4, -0.2) is 25.2 Å². The van der Waals surface area contributed by atoms with E-state index in [9.17, 15) is 9.59 Å². The van der Waals surface area contributed by atoms with Gasteiger partial charge < -0.3 is 9.47 Å².